The maximum Gasteiger partial charge on any atom is 0.308 e. The monoisotopic (exact) mass is 466 g/mol. The lowest BCUT2D eigenvalue weighted by atomic mass is 9.43. The van der Waals surface area contributed by atoms with Gasteiger partial charge in [0.1, 0.15) is 11.9 Å². The lowest BCUT2D eigenvalue weighted by Crippen LogP contribution is -2.57. The number of hydrogen-bond donors (Lipinski definition) is 1. The molecule has 180 valence electrons. The molecule has 5 rings (SSSR count). The van der Waals surface area contributed by atoms with Crippen molar-refractivity contribution in [3.8, 4) is 0 Å². The molecule has 6 nitrogen and oxygen atoms in total. The Morgan fingerprint density at radius 3 is 2.62 bits per heavy atom. The number of nitrogens with one attached hydrogen (secondary N) is 1. The average Bonchev–Trinajstić information content (AvgIpc) is 3.39. The summed E-state index contributed by atoms with van der Waals surface area (Å²) in [6.45, 7) is 6.48. The second kappa shape index (κ2) is 8.90. The summed E-state index contributed by atoms with van der Waals surface area (Å²) in [5.74, 6) is 1.99. The molecule has 5 fully saturated rings. The van der Waals surface area contributed by atoms with E-state index in [1.807, 2.05) is 0 Å². The van der Waals surface area contributed by atoms with Crippen molar-refractivity contribution < 1.29 is 19.2 Å². The van der Waals surface area contributed by atoms with Gasteiger partial charge in [0.25, 0.3) is 0 Å². The fourth-order valence-corrected chi connectivity index (χ4v) is 8.28. The first-order chi connectivity index (χ1) is 14.9. The van der Waals surface area contributed by atoms with Gasteiger partial charge in [0, 0.05) is 24.8 Å². The Bertz CT molecular complexity index is 782. The summed E-state index contributed by atoms with van der Waals surface area (Å²) in [6, 6.07) is 0. The van der Waals surface area contributed by atoms with Crippen molar-refractivity contribution in [2.75, 3.05) is 20.2 Å². The van der Waals surface area contributed by atoms with Gasteiger partial charge in [-0.1, -0.05) is 19.0 Å². The van der Waals surface area contributed by atoms with Crippen LogP contribution in [-0.2, 0) is 19.2 Å². The van der Waals surface area contributed by atoms with E-state index in [4.69, 9.17) is 9.57 Å². The summed E-state index contributed by atoms with van der Waals surface area (Å²) in [4.78, 5) is 31.6. The van der Waals surface area contributed by atoms with Gasteiger partial charge in [0.2, 0.25) is 0 Å². The molecular formula is C25H39ClN2O4. The van der Waals surface area contributed by atoms with Crippen molar-refractivity contribution in [1.29, 1.82) is 0 Å². The molecule has 0 unspecified atom stereocenters. The summed E-state index contributed by atoms with van der Waals surface area (Å²) >= 11 is 0. The average molecular weight is 467 g/mol. The topological polar surface area (TPSA) is 77.0 Å². The Balaban J connectivity index is 0.00000245. The third-order valence-electron chi connectivity index (χ3n) is 10.1. The van der Waals surface area contributed by atoms with Crippen LogP contribution in [0.1, 0.15) is 71.6 Å². The van der Waals surface area contributed by atoms with E-state index in [9.17, 15) is 9.59 Å². The molecule has 0 bridgehead atoms. The summed E-state index contributed by atoms with van der Waals surface area (Å²) in [5.41, 5.74) is 1.04. The highest BCUT2D eigenvalue weighted by Gasteiger charge is 2.63. The van der Waals surface area contributed by atoms with Crippen LogP contribution in [0, 0.1) is 40.4 Å². The predicted molar refractivity (Wildman–Crippen MR) is 125 cm³/mol. The molecule has 32 heavy (non-hydrogen) atoms. The lowest BCUT2D eigenvalue weighted by Gasteiger charge is -2.61. The molecule has 1 N–H and O–H groups in total. The second-order valence-electron chi connectivity index (χ2n) is 11.4. The number of fused-ring (bicyclic) bond motifs is 5. The van der Waals surface area contributed by atoms with Crippen LogP contribution < -0.4 is 5.32 Å². The molecular weight excluding hydrogens is 428 g/mol. The zero-order chi connectivity index (χ0) is 21.8. The van der Waals surface area contributed by atoms with Gasteiger partial charge in [-0.15, -0.1) is 12.4 Å². The number of carbonyl (C=O) groups excluding carboxylic acids is 2. The largest absolute Gasteiger partial charge is 0.469 e. The quantitative estimate of drug-likeness (QED) is 0.499. The number of carbonyl (C=O) groups is 2. The molecule has 8 atom stereocenters. The Kier molecular flexibility index (Phi) is 6.68. The molecule has 1 heterocycles. The summed E-state index contributed by atoms with van der Waals surface area (Å²) in [7, 11) is 1.52. The normalized spacial score (nSPS) is 46.6. The smallest absolute Gasteiger partial charge is 0.308 e. The number of ketones is 1. The molecule has 1 aliphatic heterocycles. The Morgan fingerprint density at radius 2 is 1.91 bits per heavy atom. The number of methoxy groups -OCH3 is 1. The van der Waals surface area contributed by atoms with Crippen LogP contribution in [-0.4, -0.2) is 43.8 Å². The van der Waals surface area contributed by atoms with Crippen LogP contribution in [0.4, 0.5) is 0 Å². The van der Waals surface area contributed by atoms with E-state index in [2.05, 4.69) is 24.3 Å². The molecule has 1 saturated heterocycles. The second-order valence-corrected chi connectivity index (χ2v) is 11.4. The number of rotatable bonds is 3. The Morgan fingerprint density at radius 1 is 1.09 bits per heavy atom. The molecule has 0 spiro atoms. The zero-order valence-electron chi connectivity index (χ0n) is 19.7. The van der Waals surface area contributed by atoms with Gasteiger partial charge < -0.3 is 14.9 Å². The van der Waals surface area contributed by atoms with Crippen molar-refractivity contribution >= 4 is 29.9 Å². The van der Waals surface area contributed by atoms with Crippen LogP contribution in [0.5, 0.6) is 0 Å². The van der Waals surface area contributed by atoms with E-state index in [-0.39, 0.29) is 47.1 Å². The van der Waals surface area contributed by atoms with Crippen LogP contribution in [0.2, 0.25) is 0 Å². The van der Waals surface area contributed by atoms with E-state index in [1.165, 1.54) is 7.11 Å². The minimum absolute atomic E-state index is 0. The van der Waals surface area contributed by atoms with Gasteiger partial charge in [-0.3, -0.25) is 9.59 Å². The van der Waals surface area contributed by atoms with Crippen LogP contribution in [0.25, 0.3) is 0 Å². The molecule has 0 aromatic heterocycles. The first-order valence-corrected chi connectivity index (χ1v) is 12.4. The molecule has 0 aromatic rings. The SMILES string of the molecule is COC(=O)[C@H]1C[C@@H]2[C@H](CC[C@]3(C)C(=O)CC[C@@H]23)[C@@]2(C)CC/C(=N\O[C@@H]3CCNC3)C[C@H]12.Cl. The van der Waals surface area contributed by atoms with E-state index < -0.39 is 0 Å². The van der Waals surface area contributed by atoms with Crippen LogP contribution in [0.15, 0.2) is 5.16 Å². The minimum Gasteiger partial charge on any atom is -0.469 e. The van der Waals surface area contributed by atoms with Crippen molar-refractivity contribution in [2.45, 2.75) is 77.7 Å². The highest BCUT2D eigenvalue weighted by molar-refractivity contribution is 5.88. The third kappa shape index (κ3) is 3.70. The number of Topliss-reactive ketones (excluding diaryl/α,β-unsaturated/α-hetero) is 1. The van der Waals surface area contributed by atoms with E-state index >= 15 is 0 Å². The lowest BCUT2D eigenvalue weighted by molar-refractivity contribution is -0.167. The van der Waals surface area contributed by atoms with Crippen molar-refractivity contribution in [1.82, 2.24) is 5.32 Å². The van der Waals surface area contributed by atoms with Gasteiger partial charge in [-0.25, -0.2) is 0 Å². The Labute approximate surface area is 198 Å². The fourth-order valence-electron chi connectivity index (χ4n) is 8.28. The summed E-state index contributed by atoms with van der Waals surface area (Å²) in [5, 5.41) is 7.88. The first kappa shape index (κ1) is 24.0. The van der Waals surface area contributed by atoms with E-state index in [1.54, 1.807) is 0 Å². The number of halogens is 1. The van der Waals surface area contributed by atoms with Gasteiger partial charge in [-0.2, -0.15) is 0 Å². The first-order valence-electron chi connectivity index (χ1n) is 12.4. The maximum absolute atomic E-state index is 13.0. The van der Waals surface area contributed by atoms with Crippen molar-refractivity contribution in [2.24, 2.45) is 45.6 Å². The molecule has 0 aromatic carbocycles. The van der Waals surface area contributed by atoms with Crippen LogP contribution >= 0.6 is 12.4 Å². The summed E-state index contributed by atoms with van der Waals surface area (Å²) < 4.78 is 5.31. The molecule has 0 radical (unpaired) electrons. The maximum atomic E-state index is 13.0. The molecule has 5 aliphatic rings. The zero-order valence-corrected chi connectivity index (χ0v) is 20.5. The molecule has 4 saturated carbocycles. The highest BCUT2D eigenvalue weighted by Crippen LogP contribution is 2.66. The predicted octanol–water partition coefficient (Wildman–Crippen LogP) is 4.15. The van der Waals surface area contributed by atoms with Gasteiger partial charge in [0.05, 0.1) is 18.7 Å². The number of hydrogen-bond acceptors (Lipinski definition) is 6. The van der Waals surface area contributed by atoms with E-state index in [0.717, 1.165) is 76.6 Å². The molecule has 7 heteroatoms. The molecule has 0 amide bonds. The standard InChI is InChI=1S/C25H38N2O4.ClH/c1-24-9-6-15(27-31-16-8-11-26-14-16)12-21(24)18(23(29)30-3)13-17-19-4-5-22(28)25(19,2)10-7-20(17)24;/h16-21,26H,4-14H2,1-3H3;1H/b27-15+;/t16-,17+,18+,19+,20+,21-,24-,25+;/m1./s1. The highest BCUT2D eigenvalue weighted by atomic mass is 35.5. The van der Waals surface area contributed by atoms with Gasteiger partial charge in [0.15, 0.2) is 0 Å². The van der Waals surface area contributed by atoms with E-state index in [0.29, 0.717) is 23.5 Å². The fraction of sp³-hybridized carbons (Fsp3) is 0.880. The number of nitrogens with zero attached hydrogens (tertiary/aromatic N) is 1. The van der Waals surface area contributed by atoms with Crippen molar-refractivity contribution in [3.05, 3.63) is 0 Å². The number of ether oxygens (including phenoxy) is 1. The number of oxime groups is 1. The Hall–Kier alpha value is -1.14. The minimum atomic E-state index is -0.171. The van der Waals surface area contributed by atoms with Gasteiger partial charge in [-0.05, 0) is 80.6 Å². The third-order valence-corrected chi connectivity index (χ3v) is 10.1. The number of esters is 1. The van der Waals surface area contributed by atoms with Gasteiger partial charge >= 0.3 is 5.97 Å². The van der Waals surface area contributed by atoms with Crippen molar-refractivity contribution in [3.63, 3.8) is 0 Å². The summed E-state index contributed by atoms with van der Waals surface area (Å²) in [6.07, 6.45) is 8.72. The molecule has 4 aliphatic carbocycles. The van der Waals surface area contributed by atoms with Crippen LogP contribution in [0.3, 0.4) is 0 Å².